The van der Waals surface area contributed by atoms with E-state index >= 15 is 0 Å². The van der Waals surface area contributed by atoms with Gasteiger partial charge in [-0.3, -0.25) is 4.79 Å². The number of aromatic nitrogens is 2. The Labute approximate surface area is 102 Å². The van der Waals surface area contributed by atoms with E-state index in [1.807, 2.05) is 6.92 Å². The van der Waals surface area contributed by atoms with Crippen LogP contribution in [0.25, 0.3) is 4.96 Å². The Balaban J connectivity index is 2.68. The number of hydrogen-bond acceptors (Lipinski definition) is 5. The zero-order valence-electron chi connectivity index (χ0n) is 8.27. The fraction of sp³-hybridized carbons (Fsp3) is 0.250. The molecule has 6 nitrogen and oxygen atoms in total. The summed E-state index contributed by atoms with van der Waals surface area (Å²) in [4.78, 5) is 20.5. The Morgan fingerprint density at radius 3 is 3.19 bits per heavy atom. The van der Waals surface area contributed by atoms with Crippen LogP contribution in [-0.2, 0) is 6.54 Å². The maximum absolute atomic E-state index is 11.8. The summed E-state index contributed by atoms with van der Waals surface area (Å²) in [6, 6.07) is 1.40. The maximum atomic E-state index is 11.8. The second-order valence-corrected chi connectivity index (χ2v) is 4.99. The smallest absolute Gasteiger partial charge is 0.259 e. The highest BCUT2D eigenvalue weighted by atomic mass is 79.9. The van der Waals surface area contributed by atoms with E-state index in [0.29, 0.717) is 10.7 Å². The quantitative estimate of drug-likeness (QED) is 0.678. The van der Waals surface area contributed by atoms with Crippen molar-refractivity contribution in [3.63, 3.8) is 0 Å². The Bertz CT molecular complexity index is 654. The van der Waals surface area contributed by atoms with Crippen LogP contribution in [0.15, 0.2) is 20.6 Å². The molecule has 2 rings (SSSR count). The van der Waals surface area contributed by atoms with Crippen LogP contribution in [0.2, 0.25) is 0 Å². The molecule has 0 saturated heterocycles. The summed E-state index contributed by atoms with van der Waals surface area (Å²) >= 11 is 4.77. The molecule has 0 aliphatic carbocycles. The highest BCUT2D eigenvalue weighted by molar-refractivity contribution is 9.10. The molecular formula is C8H7BrN5OS+. The molecule has 2 aromatic heterocycles. The van der Waals surface area contributed by atoms with Gasteiger partial charge in [0, 0.05) is 10.9 Å². The van der Waals surface area contributed by atoms with Gasteiger partial charge in [0.1, 0.15) is 15.2 Å². The molecule has 0 radical (unpaired) electrons. The van der Waals surface area contributed by atoms with E-state index in [4.69, 9.17) is 5.53 Å². The van der Waals surface area contributed by atoms with Crippen molar-refractivity contribution >= 4 is 32.2 Å². The third-order valence-corrected chi connectivity index (χ3v) is 4.14. The number of thiazole rings is 1. The van der Waals surface area contributed by atoms with Crippen LogP contribution in [0.3, 0.4) is 0 Å². The van der Waals surface area contributed by atoms with Gasteiger partial charge in [-0.25, -0.2) is 9.38 Å². The van der Waals surface area contributed by atoms with Crippen molar-refractivity contribution in [3.05, 3.63) is 31.6 Å². The standard InChI is InChI=1S/C8H7BrN5OS/c1-4-7(9)14-6(15)2-5(3-11-13-10)12-8(14)16-4/h2,10H,3H2,1H3/q+1. The fourth-order valence-electron chi connectivity index (χ4n) is 1.28. The third kappa shape index (κ3) is 1.82. The fourth-order valence-corrected chi connectivity index (χ4v) is 2.87. The van der Waals surface area contributed by atoms with E-state index in [9.17, 15) is 4.79 Å². The second kappa shape index (κ2) is 4.25. The number of fused-ring (bicyclic) bond motifs is 1. The van der Waals surface area contributed by atoms with Gasteiger partial charge >= 0.3 is 0 Å². The monoisotopic (exact) mass is 300 g/mol. The Morgan fingerprint density at radius 2 is 2.50 bits per heavy atom. The average Bonchev–Trinajstić information content (AvgIpc) is 2.52. The molecule has 82 valence electrons. The first-order valence-corrected chi connectivity index (χ1v) is 5.95. The molecule has 0 spiro atoms. The first-order chi connectivity index (χ1) is 7.63. The van der Waals surface area contributed by atoms with Gasteiger partial charge in [0.25, 0.3) is 5.56 Å². The summed E-state index contributed by atoms with van der Waals surface area (Å²) in [5.74, 6) is 0. The molecule has 0 amide bonds. The van der Waals surface area contributed by atoms with Gasteiger partial charge in [-0.2, -0.15) is 0 Å². The van der Waals surface area contributed by atoms with Gasteiger partial charge in [-0.05, 0) is 22.9 Å². The molecule has 0 fully saturated rings. The van der Waals surface area contributed by atoms with Gasteiger partial charge in [0.05, 0.1) is 5.69 Å². The minimum Gasteiger partial charge on any atom is -0.269 e. The number of rotatable bonds is 2. The van der Waals surface area contributed by atoms with Gasteiger partial charge in [0.15, 0.2) is 11.5 Å². The van der Waals surface area contributed by atoms with Crippen molar-refractivity contribution in [3.8, 4) is 0 Å². The zero-order chi connectivity index (χ0) is 11.7. The minimum absolute atomic E-state index is 0.156. The van der Waals surface area contributed by atoms with Crippen LogP contribution >= 0.6 is 27.3 Å². The van der Waals surface area contributed by atoms with Gasteiger partial charge in [-0.15, -0.1) is 11.3 Å². The van der Waals surface area contributed by atoms with Crippen molar-refractivity contribution in [2.75, 3.05) is 0 Å². The lowest BCUT2D eigenvalue weighted by atomic mass is 10.4. The second-order valence-electron chi connectivity index (χ2n) is 3.05. The number of halogens is 1. The van der Waals surface area contributed by atoms with Crippen LogP contribution in [0, 0.1) is 12.5 Å². The van der Waals surface area contributed by atoms with E-state index in [-0.39, 0.29) is 12.1 Å². The molecule has 1 N–H and O–H groups in total. The van der Waals surface area contributed by atoms with Crippen LogP contribution in [0.5, 0.6) is 0 Å². The molecule has 0 bridgehead atoms. The van der Waals surface area contributed by atoms with E-state index in [2.05, 4.69) is 30.9 Å². The van der Waals surface area contributed by atoms with Crippen LogP contribution < -0.4 is 10.5 Å². The molecule has 8 heteroatoms. The maximum Gasteiger partial charge on any atom is 0.259 e. The molecule has 0 saturated carbocycles. The molecule has 2 aromatic rings. The number of hydrogen-bond donors (Lipinski definition) is 1. The van der Waals surface area contributed by atoms with Crippen LogP contribution in [0.4, 0.5) is 0 Å². The summed E-state index contributed by atoms with van der Waals surface area (Å²) in [5.41, 5.74) is 6.92. The third-order valence-electron chi connectivity index (χ3n) is 1.98. The van der Waals surface area contributed by atoms with E-state index in [1.165, 1.54) is 21.8 Å². The lowest BCUT2D eigenvalue weighted by molar-refractivity contribution is 0.830. The van der Waals surface area contributed by atoms with Crippen LogP contribution in [0.1, 0.15) is 10.6 Å². The van der Waals surface area contributed by atoms with Gasteiger partial charge < -0.3 is 0 Å². The van der Waals surface area contributed by atoms with Crippen molar-refractivity contribution in [1.82, 2.24) is 14.3 Å². The Morgan fingerprint density at radius 1 is 1.75 bits per heavy atom. The molecule has 0 atom stereocenters. The van der Waals surface area contributed by atoms with Gasteiger partial charge in [0.2, 0.25) is 4.91 Å². The highest BCUT2D eigenvalue weighted by Crippen LogP contribution is 2.24. The lowest BCUT2D eigenvalue weighted by Gasteiger charge is -1.95. The van der Waals surface area contributed by atoms with Crippen molar-refractivity contribution in [2.24, 2.45) is 5.11 Å². The summed E-state index contributed by atoms with van der Waals surface area (Å²) < 4.78 is 2.24. The van der Waals surface area contributed by atoms with E-state index in [0.717, 1.165) is 9.48 Å². The van der Waals surface area contributed by atoms with Crippen LogP contribution in [-0.4, -0.2) is 9.38 Å². The van der Waals surface area contributed by atoms with E-state index in [1.54, 1.807) is 0 Å². The highest BCUT2D eigenvalue weighted by Gasteiger charge is 2.11. The number of nitrogens with one attached hydrogen (secondary N) is 1. The first kappa shape index (κ1) is 11.1. The van der Waals surface area contributed by atoms with E-state index < -0.39 is 0 Å². The molecule has 0 aromatic carbocycles. The molecule has 2 heterocycles. The summed E-state index contributed by atoms with van der Waals surface area (Å²) in [7, 11) is 0. The summed E-state index contributed by atoms with van der Waals surface area (Å²) in [5, 5.41) is 3.49. The summed E-state index contributed by atoms with van der Waals surface area (Å²) in [6.45, 7) is 2.07. The minimum atomic E-state index is -0.156. The number of nitrogens with zero attached hydrogens (tertiary/aromatic N) is 4. The van der Waals surface area contributed by atoms with Crippen molar-refractivity contribution in [1.29, 1.82) is 5.53 Å². The zero-order valence-corrected chi connectivity index (χ0v) is 10.7. The largest absolute Gasteiger partial charge is 0.269 e. The summed E-state index contributed by atoms with van der Waals surface area (Å²) in [6.07, 6.45) is 0. The number of aryl methyl sites for hydroxylation is 1. The topological polar surface area (TPSA) is 84.7 Å². The first-order valence-electron chi connectivity index (χ1n) is 4.34. The normalized spacial score (nSPS) is 10.4. The van der Waals surface area contributed by atoms with Crippen molar-refractivity contribution < 1.29 is 0 Å². The molecule has 0 aliphatic heterocycles. The Hall–Kier alpha value is -1.37. The predicted molar refractivity (Wildman–Crippen MR) is 62.8 cm³/mol. The Kier molecular flexibility index (Phi) is 2.95. The molecule has 0 unspecified atom stereocenters. The lowest BCUT2D eigenvalue weighted by Crippen LogP contribution is -2.14. The SMILES string of the molecule is Cc1sc2nc(CN=[N+]=N)cc(=O)n2c1Br. The molecular weight excluding hydrogens is 294 g/mol. The van der Waals surface area contributed by atoms with Gasteiger partial charge in [-0.1, -0.05) is 0 Å². The molecule has 16 heavy (non-hydrogen) atoms. The average molecular weight is 301 g/mol. The molecule has 0 aliphatic rings. The van der Waals surface area contributed by atoms with Crippen molar-refractivity contribution in [2.45, 2.75) is 13.5 Å². The predicted octanol–water partition coefficient (Wildman–Crippen LogP) is 1.88.